The van der Waals surface area contributed by atoms with Crippen LogP contribution in [0, 0.1) is 5.41 Å². The lowest BCUT2D eigenvalue weighted by Crippen LogP contribution is -2.32. The van der Waals surface area contributed by atoms with Gasteiger partial charge >= 0.3 is 15.2 Å². The zero-order chi connectivity index (χ0) is 19.5. The van der Waals surface area contributed by atoms with Crippen molar-refractivity contribution in [2.45, 2.75) is 45.1 Å². The molecule has 2 unspecified atom stereocenters. The van der Waals surface area contributed by atoms with Crippen LogP contribution in [0.5, 0.6) is 0 Å². The van der Waals surface area contributed by atoms with Gasteiger partial charge in [0.1, 0.15) is 0 Å². The minimum atomic E-state index is -4.83. The van der Waals surface area contributed by atoms with Gasteiger partial charge in [-0.3, -0.25) is 9.13 Å². The first kappa shape index (κ1) is 22.5. The first-order valence-electron chi connectivity index (χ1n) is 7.85. The van der Waals surface area contributed by atoms with Gasteiger partial charge in [0.05, 0.1) is 0 Å². The van der Waals surface area contributed by atoms with Crippen LogP contribution >= 0.6 is 15.2 Å². The number of hydrogen-bond acceptors (Lipinski definition) is 5. The second-order valence-corrected chi connectivity index (χ2v) is 11.9. The zero-order valence-corrected chi connectivity index (χ0v) is 17.1. The van der Waals surface area contributed by atoms with Crippen molar-refractivity contribution in [1.82, 2.24) is 0 Å². The Bertz CT molecular complexity index is 640. The van der Waals surface area contributed by atoms with Crippen LogP contribution in [-0.2, 0) is 31.0 Å². The van der Waals surface area contributed by atoms with Gasteiger partial charge in [-0.15, -0.1) is 0 Å². The smallest absolute Gasteiger partial charge is 0.367 e. The fourth-order valence-electron chi connectivity index (χ4n) is 2.27. The second kappa shape index (κ2) is 8.01. The minimum Gasteiger partial charge on any atom is -0.367 e. The molecule has 1 aromatic rings. The lowest BCUT2D eigenvalue weighted by Gasteiger charge is -2.33. The Balaban J connectivity index is 3.07. The van der Waals surface area contributed by atoms with Gasteiger partial charge in [-0.05, 0) is 29.4 Å². The highest BCUT2D eigenvalue weighted by molar-refractivity contribution is 7.72. The highest BCUT2D eigenvalue weighted by atomic mass is 31.2. The Hall–Kier alpha value is -0.520. The average Bonchev–Trinajstić information content (AvgIpc) is 2.53. The Kier molecular flexibility index (Phi) is 7.22. The summed E-state index contributed by atoms with van der Waals surface area (Å²) < 4.78 is 33.2. The van der Waals surface area contributed by atoms with E-state index in [-0.39, 0.29) is 5.41 Å². The summed E-state index contributed by atoms with van der Waals surface area (Å²) in [5, 5.41) is 7.58. The molecule has 7 nitrogen and oxygen atoms in total. The van der Waals surface area contributed by atoms with Crippen LogP contribution < -0.4 is 0 Å². The zero-order valence-electron chi connectivity index (χ0n) is 15.3. The predicted octanol–water partition coefficient (Wildman–Crippen LogP) is 3.52. The van der Waals surface area contributed by atoms with Crippen molar-refractivity contribution < 1.29 is 33.1 Å². The van der Waals surface area contributed by atoms with Gasteiger partial charge in [0, 0.05) is 20.6 Å². The van der Waals surface area contributed by atoms with Gasteiger partial charge in [-0.25, -0.2) is 0 Å². The minimum absolute atomic E-state index is 0.197. The van der Waals surface area contributed by atoms with E-state index in [2.05, 4.69) is 29.8 Å². The van der Waals surface area contributed by atoms with Gasteiger partial charge in [-0.1, -0.05) is 45.0 Å². The Morgan fingerprint density at radius 3 is 1.68 bits per heavy atom. The van der Waals surface area contributed by atoms with E-state index in [1.54, 1.807) is 12.1 Å². The lowest BCUT2D eigenvalue weighted by atomic mass is 9.88. The summed E-state index contributed by atoms with van der Waals surface area (Å²) in [6.07, 6.45) is 1.29. The third-order valence-corrected chi connectivity index (χ3v) is 8.66. The van der Waals surface area contributed by atoms with Crippen LogP contribution in [0.1, 0.15) is 38.3 Å². The molecule has 0 amide bonds. The molecule has 0 saturated heterocycles. The first-order chi connectivity index (χ1) is 11.3. The van der Waals surface area contributed by atoms with Gasteiger partial charge in [-0.2, -0.15) is 0 Å². The third-order valence-electron chi connectivity index (χ3n) is 4.03. The van der Waals surface area contributed by atoms with Crippen LogP contribution in [0.2, 0.25) is 0 Å². The Labute approximate surface area is 149 Å². The molecule has 0 heterocycles. The molecule has 0 saturated carbocycles. The maximum atomic E-state index is 12.2. The highest BCUT2D eigenvalue weighted by Crippen LogP contribution is 2.72. The summed E-state index contributed by atoms with van der Waals surface area (Å²) in [7, 11) is -7.88. The van der Waals surface area contributed by atoms with E-state index in [1.807, 2.05) is 12.1 Å². The molecule has 144 valence electrons. The van der Waals surface area contributed by atoms with Crippen molar-refractivity contribution in [2.24, 2.45) is 5.41 Å². The molecule has 0 aliphatic heterocycles. The van der Waals surface area contributed by atoms with Crippen molar-refractivity contribution in [3.05, 3.63) is 35.4 Å². The SMILES string of the molecule is COP(=O)(O)C(O)(Cc1ccc(CCC(C)(C)C)cc1)P(=O)(O)OC. The molecule has 1 aromatic carbocycles. The van der Waals surface area contributed by atoms with Crippen LogP contribution in [0.3, 0.4) is 0 Å². The maximum absolute atomic E-state index is 12.2. The topological polar surface area (TPSA) is 113 Å². The van der Waals surface area contributed by atoms with Gasteiger partial charge in [0.15, 0.2) is 0 Å². The predicted molar refractivity (Wildman–Crippen MR) is 96.5 cm³/mol. The molecule has 0 aliphatic rings. The summed E-state index contributed by atoms with van der Waals surface area (Å²) in [6.45, 7) is 6.44. The van der Waals surface area contributed by atoms with Gasteiger partial charge in [0.25, 0.3) is 5.08 Å². The van der Waals surface area contributed by atoms with E-state index in [4.69, 9.17) is 0 Å². The third kappa shape index (κ3) is 5.48. The van der Waals surface area contributed by atoms with E-state index >= 15 is 0 Å². The normalized spacial score (nSPS) is 19.7. The molecule has 0 aromatic heterocycles. The van der Waals surface area contributed by atoms with Gasteiger partial charge < -0.3 is 23.9 Å². The summed E-state index contributed by atoms with van der Waals surface area (Å²) in [6, 6.07) is 6.94. The van der Waals surface area contributed by atoms with Crippen molar-refractivity contribution in [2.75, 3.05) is 14.2 Å². The number of aliphatic hydroxyl groups is 1. The second-order valence-electron chi connectivity index (χ2n) is 7.23. The molecule has 3 N–H and O–H groups in total. The van der Waals surface area contributed by atoms with Crippen molar-refractivity contribution >= 4 is 15.2 Å². The summed E-state index contributed by atoms with van der Waals surface area (Å²) in [4.78, 5) is 19.7. The Morgan fingerprint density at radius 1 is 0.920 bits per heavy atom. The standard InChI is InChI=1S/C16H28O7P2/c1-15(2,3)11-10-13-6-8-14(9-7-13)12-16(17,24(18,19)22-4)25(20,21)23-5/h6-9,17H,10-12H2,1-5H3,(H,18,19)(H,20,21). The van der Waals surface area contributed by atoms with E-state index in [0.29, 0.717) is 5.56 Å². The molecular weight excluding hydrogens is 366 g/mol. The molecular formula is C16H28O7P2. The summed E-state index contributed by atoms with van der Waals surface area (Å²) >= 11 is 0. The molecule has 0 aliphatic carbocycles. The van der Waals surface area contributed by atoms with E-state index in [0.717, 1.165) is 32.6 Å². The van der Waals surface area contributed by atoms with E-state index in [9.17, 15) is 24.0 Å². The fraction of sp³-hybridized carbons (Fsp3) is 0.625. The quantitative estimate of drug-likeness (QED) is 0.578. The summed E-state index contributed by atoms with van der Waals surface area (Å²) in [5.74, 6) is 0. The first-order valence-corrected chi connectivity index (χ1v) is 11.0. The number of rotatable bonds is 8. The maximum Gasteiger partial charge on any atom is 0.372 e. The van der Waals surface area contributed by atoms with Gasteiger partial charge in [0.2, 0.25) is 0 Å². The molecule has 1 rings (SSSR count). The average molecular weight is 394 g/mol. The van der Waals surface area contributed by atoms with Crippen LogP contribution in [0.4, 0.5) is 0 Å². The summed E-state index contributed by atoms with van der Waals surface area (Å²) in [5.41, 5.74) is 1.68. The van der Waals surface area contributed by atoms with Crippen LogP contribution in [0.25, 0.3) is 0 Å². The van der Waals surface area contributed by atoms with E-state index < -0.39 is 26.7 Å². The number of aryl methyl sites for hydroxylation is 1. The van der Waals surface area contributed by atoms with Crippen molar-refractivity contribution in [3.63, 3.8) is 0 Å². The lowest BCUT2D eigenvalue weighted by molar-refractivity contribution is 0.117. The molecule has 0 spiro atoms. The largest absolute Gasteiger partial charge is 0.372 e. The highest BCUT2D eigenvalue weighted by Gasteiger charge is 2.61. The van der Waals surface area contributed by atoms with E-state index in [1.165, 1.54) is 0 Å². The van der Waals surface area contributed by atoms with Crippen molar-refractivity contribution in [1.29, 1.82) is 0 Å². The number of hydrogen-bond donors (Lipinski definition) is 3. The molecule has 0 fully saturated rings. The monoisotopic (exact) mass is 394 g/mol. The number of benzene rings is 1. The van der Waals surface area contributed by atoms with Crippen LogP contribution in [-0.4, -0.2) is 34.2 Å². The Morgan fingerprint density at radius 2 is 1.32 bits per heavy atom. The molecule has 0 bridgehead atoms. The van der Waals surface area contributed by atoms with Crippen molar-refractivity contribution in [3.8, 4) is 0 Å². The molecule has 0 radical (unpaired) electrons. The molecule has 9 heteroatoms. The van der Waals surface area contributed by atoms with Crippen LogP contribution in [0.15, 0.2) is 24.3 Å². The molecule has 2 atom stereocenters. The fourth-order valence-corrected chi connectivity index (χ4v) is 5.39. The molecule has 25 heavy (non-hydrogen) atoms.